The molecule has 1 aliphatic carbocycles. The van der Waals surface area contributed by atoms with Gasteiger partial charge in [0.2, 0.25) is 5.91 Å². The van der Waals surface area contributed by atoms with Crippen molar-refractivity contribution in [2.45, 2.75) is 24.9 Å². The highest BCUT2D eigenvalue weighted by molar-refractivity contribution is 5.88. The van der Waals surface area contributed by atoms with Crippen LogP contribution in [0.4, 0.5) is 0 Å². The lowest BCUT2D eigenvalue weighted by Crippen LogP contribution is -2.42. The Morgan fingerprint density at radius 1 is 1.71 bits per heavy atom. The first-order valence-corrected chi connectivity index (χ1v) is 4.22. The van der Waals surface area contributed by atoms with E-state index >= 15 is 0 Å². The van der Waals surface area contributed by atoms with Crippen molar-refractivity contribution >= 4 is 5.91 Å². The van der Waals surface area contributed by atoms with Gasteiger partial charge in [-0.15, -0.1) is 0 Å². The van der Waals surface area contributed by atoms with Crippen LogP contribution in [-0.4, -0.2) is 21.6 Å². The van der Waals surface area contributed by atoms with Gasteiger partial charge < -0.3 is 11.1 Å². The predicted octanol–water partition coefficient (Wildman–Crippen LogP) is -1.53. The Kier molecular flexibility index (Phi) is 1.88. The average Bonchev–Trinajstić information content (AvgIpc) is 2.76. The van der Waals surface area contributed by atoms with Gasteiger partial charge in [0.05, 0.1) is 12.1 Å². The summed E-state index contributed by atoms with van der Waals surface area (Å²) >= 11 is 0. The minimum Gasteiger partial charge on any atom is -0.347 e. The molecule has 14 heavy (non-hydrogen) atoms. The summed E-state index contributed by atoms with van der Waals surface area (Å²) in [5.41, 5.74) is 4.93. The standard InChI is InChI=1S/C7H10N4O3/c8-7(1-2-7)5(12)9-3-4-10-6(13)14-11-4/h1-3,8H2,(H,9,12)(H,10,11,13). The molecule has 0 radical (unpaired) electrons. The highest BCUT2D eigenvalue weighted by Gasteiger charge is 2.45. The maximum Gasteiger partial charge on any atom is 0.438 e. The molecule has 7 nitrogen and oxygen atoms in total. The monoisotopic (exact) mass is 198 g/mol. The van der Waals surface area contributed by atoms with Gasteiger partial charge in [-0.1, -0.05) is 5.16 Å². The third-order valence-corrected chi connectivity index (χ3v) is 2.14. The molecule has 1 amide bonds. The fourth-order valence-corrected chi connectivity index (χ4v) is 1.04. The van der Waals surface area contributed by atoms with Gasteiger partial charge >= 0.3 is 5.76 Å². The summed E-state index contributed by atoms with van der Waals surface area (Å²) in [5.74, 6) is -0.572. The van der Waals surface area contributed by atoms with E-state index in [0.717, 1.165) is 0 Å². The first-order chi connectivity index (χ1) is 6.60. The molecule has 0 saturated heterocycles. The van der Waals surface area contributed by atoms with Gasteiger partial charge in [-0.2, -0.15) is 0 Å². The summed E-state index contributed by atoms with van der Waals surface area (Å²) in [7, 11) is 0. The lowest BCUT2D eigenvalue weighted by molar-refractivity contribution is -0.123. The summed E-state index contributed by atoms with van der Waals surface area (Å²) in [6.45, 7) is 0.128. The molecule has 0 atom stereocenters. The van der Waals surface area contributed by atoms with E-state index < -0.39 is 11.3 Å². The third kappa shape index (κ3) is 1.67. The Bertz CT molecular complexity index is 403. The molecule has 0 unspecified atom stereocenters. The van der Waals surface area contributed by atoms with Crippen LogP contribution in [0.15, 0.2) is 9.32 Å². The molecular weight excluding hydrogens is 188 g/mol. The molecular formula is C7H10N4O3. The SMILES string of the molecule is NC1(C(=O)NCc2noc(=O)[nH]2)CC1. The van der Waals surface area contributed by atoms with E-state index in [1.165, 1.54) is 0 Å². The second-order valence-electron chi connectivity index (χ2n) is 3.38. The van der Waals surface area contributed by atoms with E-state index in [0.29, 0.717) is 12.8 Å². The molecule has 7 heteroatoms. The van der Waals surface area contributed by atoms with Gasteiger partial charge in [0.15, 0.2) is 5.82 Å². The zero-order valence-corrected chi connectivity index (χ0v) is 7.37. The van der Waals surface area contributed by atoms with Gasteiger partial charge in [-0.25, -0.2) is 4.79 Å². The summed E-state index contributed by atoms with van der Waals surface area (Å²) in [6, 6.07) is 0. The number of nitrogens with one attached hydrogen (secondary N) is 2. The number of aromatic amines is 1. The second-order valence-corrected chi connectivity index (χ2v) is 3.38. The quantitative estimate of drug-likeness (QED) is 0.545. The van der Waals surface area contributed by atoms with Crippen LogP contribution in [0.3, 0.4) is 0 Å². The molecule has 4 N–H and O–H groups in total. The fraction of sp³-hybridized carbons (Fsp3) is 0.571. The van der Waals surface area contributed by atoms with Crippen LogP contribution in [-0.2, 0) is 11.3 Å². The number of H-pyrrole nitrogens is 1. The average molecular weight is 198 g/mol. The van der Waals surface area contributed by atoms with Crippen molar-refractivity contribution in [1.29, 1.82) is 0 Å². The fourth-order valence-electron chi connectivity index (χ4n) is 1.04. The van der Waals surface area contributed by atoms with E-state index in [4.69, 9.17) is 5.73 Å². The van der Waals surface area contributed by atoms with E-state index in [9.17, 15) is 9.59 Å². The third-order valence-electron chi connectivity index (χ3n) is 2.14. The Morgan fingerprint density at radius 3 is 2.93 bits per heavy atom. The molecule has 1 fully saturated rings. The molecule has 1 aromatic heterocycles. The van der Waals surface area contributed by atoms with Gasteiger partial charge in [-0.05, 0) is 12.8 Å². The Morgan fingerprint density at radius 2 is 2.43 bits per heavy atom. The van der Waals surface area contributed by atoms with Crippen molar-refractivity contribution in [3.63, 3.8) is 0 Å². The van der Waals surface area contributed by atoms with Crippen LogP contribution in [0.5, 0.6) is 0 Å². The summed E-state index contributed by atoms with van der Waals surface area (Å²) < 4.78 is 4.25. The Labute approximate surface area is 78.6 Å². The van der Waals surface area contributed by atoms with E-state index in [1.54, 1.807) is 0 Å². The smallest absolute Gasteiger partial charge is 0.347 e. The first kappa shape index (κ1) is 8.95. The van der Waals surface area contributed by atoms with E-state index in [1.807, 2.05) is 0 Å². The minimum absolute atomic E-state index is 0.128. The number of carbonyl (C=O) groups excluding carboxylic acids is 1. The molecule has 0 aliphatic heterocycles. The predicted molar refractivity (Wildman–Crippen MR) is 45.1 cm³/mol. The van der Waals surface area contributed by atoms with E-state index in [2.05, 4.69) is 20.0 Å². The molecule has 0 bridgehead atoms. The number of nitrogens with two attached hydrogens (primary N) is 1. The topological polar surface area (TPSA) is 114 Å². The van der Waals surface area contributed by atoms with E-state index in [-0.39, 0.29) is 18.3 Å². The maximum atomic E-state index is 11.3. The van der Waals surface area contributed by atoms with Gasteiger partial charge in [-0.3, -0.25) is 14.3 Å². The summed E-state index contributed by atoms with van der Waals surface area (Å²) in [6.07, 6.45) is 1.41. The number of rotatable bonds is 3. The number of hydrogen-bond donors (Lipinski definition) is 3. The number of amides is 1. The van der Waals surface area contributed by atoms with Crippen LogP contribution in [0.2, 0.25) is 0 Å². The van der Waals surface area contributed by atoms with Gasteiger partial charge in [0.25, 0.3) is 0 Å². The van der Waals surface area contributed by atoms with Crippen molar-refractivity contribution in [2.75, 3.05) is 0 Å². The zero-order chi connectivity index (χ0) is 10.2. The minimum atomic E-state index is -0.704. The molecule has 1 aromatic rings. The van der Waals surface area contributed by atoms with Crippen LogP contribution >= 0.6 is 0 Å². The van der Waals surface area contributed by atoms with Gasteiger partial charge in [0.1, 0.15) is 0 Å². The van der Waals surface area contributed by atoms with Crippen LogP contribution in [0.1, 0.15) is 18.7 Å². The van der Waals surface area contributed by atoms with Crippen molar-refractivity contribution in [1.82, 2.24) is 15.5 Å². The molecule has 1 saturated carbocycles. The molecule has 2 rings (SSSR count). The van der Waals surface area contributed by atoms with Crippen molar-refractivity contribution in [3.05, 3.63) is 16.4 Å². The molecule has 1 aliphatic rings. The second kappa shape index (κ2) is 2.95. The lowest BCUT2D eigenvalue weighted by Gasteiger charge is -2.07. The van der Waals surface area contributed by atoms with Crippen molar-refractivity contribution in [3.8, 4) is 0 Å². The molecule has 0 spiro atoms. The maximum absolute atomic E-state index is 11.3. The molecule has 0 aromatic carbocycles. The summed E-state index contributed by atoms with van der Waals surface area (Å²) in [5, 5.41) is 5.95. The number of carbonyl (C=O) groups is 1. The molecule has 1 heterocycles. The van der Waals surface area contributed by atoms with Crippen LogP contribution in [0.25, 0.3) is 0 Å². The molecule has 76 valence electrons. The normalized spacial score (nSPS) is 17.8. The number of aromatic nitrogens is 2. The first-order valence-electron chi connectivity index (χ1n) is 4.22. The van der Waals surface area contributed by atoms with Crippen molar-refractivity contribution < 1.29 is 9.32 Å². The lowest BCUT2D eigenvalue weighted by atomic mass is 10.3. The number of nitrogens with zero attached hydrogens (tertiary/aromatic N) is 1. The highest BCUT2D eigenvalue weighted by atomic mass is 16.5. The Hall–Kier alpha value is -1.63. The van der Waals surface area contributed by atoms with Crippen molar-refractivity contribution in [2.24, 2.45) is 5.73 Å². The summed E-state index contributed by atoms with van der Waals surface area (Å²) in [4.78, 5) is 24.2. The largest absolute Gasteiger partial charge is 0.438 e. The van der Waals surface area contributed by atoms with Gasteiger partial charge in [0, 0.05) is 0 Å². The zero-order valence-electron chi connectivity index (χ0n) is 7.37. The van der Waals surface area contributed by atoms with Crippen LogP contribution < -0.4 is 16.8 Å². The van der Waals surface area contributed by atoms with Crippen LogP contribution in [0, 0.1) is 0 Å². The Balaban J connectivity index is 1.88. The number of hydrogen-bond acceptors (Lipinski definition) is 5. The highest BCUT2D eigenvalue weighted by Crippen LogP contribution is 2.31.